The highest BCUT2D eigenvalue weighted by atomic mass is 35.5. The number of anilines is 2. The lowest BCUT2D eigenvalue weighted by molar-refractivity contribution is -0.114. The molecule has 0 aliphatic heterocycles. The Morgan fingerprint density at radius 2 is 1.57 bits per heavy atom. The topological polar surface area (TPSA) is 41.1 Å². The van der Waals surface area contributed by atoms with Crippen molar-refractivity contribution in [1.29, 1.82) is 0 Å². The second kappa shape index (κ2) is 7.23. The van der Waals surface area contributed by atoms with E-state index in [1.807, 2.05) is 0 Å². The molecule has 0 bridgehead atoms. The van der Waals surface area contributed by atoms with Crippen molar-refractivity contribution in [1.82, 2.24) is 0 Å². The largest absolute Gasteiger partial charge is 0.375 e. The van der Waals surface area contributed by atoms with Gasteiger partial charge < -0.3 is 10.6 Å². The maximum Gasteiger partial charge on any atom is 0.243 e. The molecule has 2 rings (SSSR count). The molecule has 0 saturated carbocycles. The number of benzene rings is 2. The Morgan fingerprint density at radius 1 is 0.905 bits per heavy atom. The van der Waals surface area contributed by atoms with Gasteiger partial charge in [-0.3, -0.25) is 4.79 Å². The monoisotopic (exact) mass is 362 g/mol. The smallest absolute Gasteiger partial charge is 0.243 e. The van der Waals surface area contributed by atoms with E-state index < -0.39 is 0 Å². The van der Waals surface area contributed by atoms with Gasteiger partial charge >= 0.3 is 0 Å². The van der Waals surface area contributed by atoms with Crippen LogP contribution in [0.15, 0.2) is 36.4 Å². The van der Waals surface area contributed by atoms with Crippen LogP contribution in [0.4, 0.5) is 11.4 Å². The zero-order valence-corrected chi connectivity index (χ0v) is 13.6. The molecule has 0 aromatic heterocycles. The van der Waals surface area contributed by atoms with E-state index in [0.717, 1.165) is 0 Å². The van der Waals surface area contributed by atoms with Gasteiger partial charge in [-0.05, 0) is 36.4 Å². The lowest BCUT2D eigenvalue weighted by Gasteiger charge is -2.10. The third kappa shape index (κ3) is 4.97. The molecule has 2 aromatic rings. The minimum Gasteiger partial charge on any atom is -0.375 e. The third-order valence-corrected chi connectivity index (χ3v) is 3.50. The lowest BCUT2D eigenvalue weighted by Crippen LogP contribution is -2.21. The number of rotatable bonds is 4. The minimum atomic E-state index is -0.251. The number of carbonyl (C=O) groups excluding carboxylic acids is 1. The summed E-state index contributed by atoms with van der Waals surface area (Å²) < 4.78 is 0. The molecule has 110 valence electrons. The molecule has 0 heterocycles. The fraction of sp³-hybridized carbons (Fsp3) is 0.0714. The second-order valence-corrected chi connectivity index (χ2v) is 5.90. The summed E-state index contributed by atoms with van der Waals surface area (Å²) in [5.41, 5.74) is 1.15. The molecule has 1 amide bonds. The summed E-state index contributed by atoms with van der Waals surface area (Å²) in [4.78, 5) is 11.9. The van der Waals surface area contributed by atoms with Crippen LogP contribution in [0, 0.1) is 0 Å². The first kappa shape index (κ1) is 16.2. The predicted octanol–water partition coefficient (Wildman–Crippen LogP) is 5.35. The first-order valence-corrected chi connectivity index (χ1v) is 7.40. The van der Waals surface area contributed by atoms with E-state index in [-0.39, 0.29) is 12.5 Å². The highest BCUT2D eigenvalue weighted by Gasteiger charge is 2.06. The maximum absolute atomic E-state index is 11.9. The zero-order valence-electron chi connectivity index (χ0n) is 10.6. The standard InChI is InChI=1S/C14H10Cl4N2O/c15-8-1-2-13(12(18)6-8)19-7-14(21)20-11-4-9(16)3-10(17)5-11/h1-6,19H,7H2,(H,20,21). The van der Waals surface area contributed by atoms with Gasteiger partial charge in [-0.15, -0.1) is 0 Å². The van der Waals surface area contributed by atoms with Crippen LogP contribution in [0.5, 0.6) is 0 Å². The van der Waals surface area contributed by atoms with E-state index in [0.29, 0.717) is 31.5 Å². The van der Waals surface area contributed by atoms with E-state index in [2.05, 4.69) is 10.6 Å². The molecular formula is C14H10Cl4N2O. The van der Waals surface area contributed by atoms with E-state index >= 15 is 0 Å². The van der Waals surface area contributed by atoms with Crippen molar-refractivity contribution in [3.8, 4) is 0 Å². The fourth-order valence-electron chi connectivity index (χ4n) is 1.64. The van der Waals surface area contributed by atoms with E-state index in [1.54, 1.807) is 36.4 Å². The Hall–Kier alpha value is -1.13. The molecule has 0 saturated heterocycles. The highest BCUT2D eigenvalue weighted by molar-refractivity contribution is 6.36. The van der Waals surface area contributed by atoms with Crippen molar-refractivity contribution in [3.63, 3.8) is 0 Å². The van der Waals surface area contributed by atoms with Gasteiger partial charge in [0.15, 0.2) is 0 Å². The van der Waals surface area contributed by atoms with E-state index in [1.165, 1.54) is 0 Å². The zero-order chi connectivity index (χ0) is 15.4. The summed E-state index contributed by atoms with van der Waals surface area (Å²) >= 11 is 23.5. The minimum absolute atomic E-state index is 0.0471. The molecule has 0 aliphatic rings. The van der Waals surface area contributed by atoms with Crippen molar-refractivity contribution >= 4 is 63.7 Å². The van der Waals surface area contributed by atoms with Crippen molar-refractivity contribution in [2.45, 2.75) is 0 Å². The molecule has 0 fully saturated rings. The molecule has 3 nitrogen and oxygen atoms in total. The van der Waals surface area contributed by atoms with Gasteiger partial charge in [-0.25, -0.2) is 0 Å². The third-order valence-electron chi connectivity index (χ3n) is 2.52. The summed E-state index contributed by atoms with van der Waals surface area (Å²) in [5, 5.41) is 7.48. The first-order chi connectivity index (χ1) is 9.94. The van der Waals surface area contributed by atoms with E-state index in [4.69, 9.17) is 46.4 Å². The Labute approximate surface area is 142 Å². The molecule has 2 N–H and O–H groups in total. The predicted molar refractivity (Wildman–Crippen MR) is 90.0 cm³/mol. The second-order valence-electron chi connectivity index (χ2n) is 4.18. The van der Waals surface area contributed by atoms with Gasteiger partial charge in [-0.2, -0.15) is 0 Å². The molecule has 0 aliphatic carbocycles. The number of halogens is 4. The molecule has 0 spiro atoms. The number of amides is 1. The molecule has 0 radical (unpaired) electrons. The Bertz CT molecular complexity index is 656. The van der Waals surface area contributed by atoms with Crippen molar-refractivity contribution in [2.75, 3.05) is 17.2 Å². The molecule has 0 unspecified atom stereocenters. The van der Waals surface area contributed by atoms with Crippen LogP contribution in [0.3, 0.4) is 0 Å². The molecule has 2 aromatic carbocycles. The average molecular weight is 364 g/mol. The van der Waals surface area contributed by atoms with Gasteiger partial charge in [0.1, 0.15) is 0 Å². The molecule has 0 atom stereocenters. The van der Waals surface area contributed by atoms with Gasteiger partial charge in [-0.1, -0.05) is 46.4 Å². The fourth-order valence-corrected chi connectivity index (χ4v) is 2.64. The SMILES string of the molecule is O=C(CNc1ccc(Cl)cc1Cl)Nc1cc(Cl)cc(Cl)c1. The van der Waals surface area contributed by atoms with E-state index in [9.17, 15) is 4.79 Å². The molecule has 21 heavy (non-hydrogen) atoms. The van der Waals surface area contributed by atoms with Crippen LogP contribution in [-0.4, -0.2) is 12.5 Å². The van der Waals surface area contributed by atoms with Gasteiger partial charge in [0.05, 0.1) is 17.3 Å². The summed E-state index contributed by atoms with van der Waals surface area (Å²) in [5.74, 6) is -0.251. The quantitative estimate of drug-likeness (QED) is 0.768. The lowest BCUT2D eigenvalue weighted by atomic mass is 10.3. The van der Waals surface area contributed by atoms with Crippen LogP contribution in [0.2, 0.25) is 20.1 Å². The Kier molecular flexibility index (Phi) is 5.59. The highest BCUT2D eigenvalue weighted by Crippen LogP contribution is 2.25. The molecular weight excluding hydrogens is 354 g/mol. The van der Waals surface area contributed by atoms with Gasteiger partial charge in [0.2, 0.25) is 5.91 Å². The van der Waals surface area contributed by atoms with Crippen LogP contribution >= 0.6 is 46.4 Å². The molecule has 7 heteroatoms. The first-order valence-electron chi connectivity index (χ1n) is 5.89. The summed E-state index contributed by atoms with van der Waals surface area (Å²) in [6, 6.07) is 9.80. The summed E-state index contributed by atoms with van der Waals surface area (Å²) in [6.07, 6.45) is 0. The van der Waals surface area contributed by atoms with Gasteiger partial charge in [0, 0.05) is 20.8 Å². The van der Waals surface area contributed by atoms with Crippen molar-refractivity contribution in [2.24, 2.45) is 0 Å². The summed E-state index contributed by atoms with van der Waals surface area (Å²) in [7, 11) is 0. The maximum atomic E-state index is 11.9. The van der Waals surface area contributed by atoms with Crippen LogP contribution in [-0.2, 0) is 4.79 Å². The van der Waals surface area contributed by atoms with Crippen molar-refractivity contribution < 1.29 is 4.79 Å². The van der Waals surface area contributed by atoms with Crippen LogP contribution in [0.1, 0.15) is 0 Å². The normalized spacial score (nSPS) is 10.3. The number of hydrogen-bond donors (Lipinski definition) is 2. The van der Waals surface area contributed by atoms with Crippen LogP contribution < -0.4 is 10.6 Å². The Balaban J connectivity index is 1.95. The Morgan fingerprint density at radius 3 is 2.19 bits per heavy atom. The number of carbonyl (C=O) groups is 1. The summed E-state index contributed by atoms with van der Waals surface area (Å²) in [6.45, 7) is 0.0471. The van der Waals surface area contributed by atoms with Gasteiger partial charge in [0.25, 0.3) is 0 Å². The number of nitrogens with one attached hydrogen (secondary N) is 2. The van der Waals surface area contributed by atoms with Crippen LogP contribution in [0.25, 0.3) is 0 Å². The number of hydrogen-bond acceptors (Lipinski definition) is 2. The van der Waals surface area contributed by atoms with Crippen molar-refractivity contribution in [3.05, 3.63) is 56.5 Å². The average Bonchev–Trinajstić information content (AvgIpc) is 2.36.